The zero-order valence-corrected chi connectivity index (χ0v) is 15.7. The minimum Gasteiger partial charge on any atom is -0.372 e. The third-order valence-corrected chi connectivity index (χ3v) is 4.91. The van der Waals surface area contributed by atoms with Gasteiger partial charge in [-0.2, -0.15) is 0 Å². The van der Waals surface area contributed by atoms with Gasteiger partial charge >= 0.3 is 0 Å². The summed E-state index contributed by atoms with van der Waals surface area (Å²) in [6, 6.07) is 18.7. The maximum Gasteiger partial charge on any atom is 0.107 e. The lowest BCUT2D eigenvalue weighted by Gasteiger charge is -2.01. The van der Waals surface area contributed by atoms with Crippen LogP contribution in [0.15, 0.2) is 54.6 Å². The van der Waals surface area contributed by atoms with Crippen molar-refractivity contribution in [2.24, 2.45) is 0 Å². The number of methoxy groups -OCH3 is 1. The predicted octanol–water partition coefficient (Wildman–Crippen LogP) is 4.43. The molecule has 0 amide bonds. The Bertz CT molecular complexity index is 967. The van der Waals surface area contributed by atoms with Gasteiger partial charge in [-0.05, 0) is 11.6 Å². The normalized spacial score (nSPS) is 10.0. The second-order valence-corrected chi connectivity index (χ2v) is 6.80. The van der Waals surface area contributed by atoms with Crippen molar-refractivity contribution in [3.05, 3.63) is 70.6 Å². The van der Waals surface area contributed by atoms with Crippen LogP contribution in [-0.4, -0.2) is 20.3 Å². The zero-order chi connectivity index (χ0) is 18.0. The molecule has 1 N–H and O–H groups in total. The largest absolute Gasteiger partial charge is 0.372 e. The third-order valence-electron chi connectivity index (χ3n) is 3.83. The maximum absolute atomic E-state index is 5.03. The molecule has 0 unspecified atom stereocenters. The van der Waals surface area contributed by atoms with Crippen molar-refractivity contribution in [2.45, 2.75) is 13.0 Å². The summed E-state index contributed by atoms with van der Waals surface area (Å²) in [6.07, 6.45) is 0.807. The van der Waals surface area contributed by atoms with Gasteiger partial charge in [-0.15, -0.1) is 11.3 Å². The molecule has 0 atom stereocenters. The number of ether oxygens (including phenoxy) is 1. The van der Waals surface area contributed by atoms with Crippen molar-refractivity contribution in [3.63, 3.8) is 0 Å². The molecule has 0 fully saturated rings. The minimum atomic E-state index is 0.435. The molecule has 2 aromatic carbocycles. The molecule has 0 saturated carbocycles. The van der Waals surface area contributed by atoms with E-state index in [-0.39, 0.29) is 0 Å². The number of rotatable bonds is 5. The number of thiophene rings is 1. The lowest BCUT2D eigenvalue weighted by molar-refractivity contribution is 0.240. The highest BCUT2D eigenvalue weighted by Gasteiger charge is 2.07. The van der Waals surface area contributed by atoms with E-state index in [1.807, 2.05) is 12.1 Å². The first-order valence-electron chi connectivity index (χ1n) is 8.61. The first-order chi connectivity index (χ1) is 12.9. The topological polar surface area (TPSA) is 21.3 Å². The van der Waals surface area contributed by atoms with Crippen LogP contribution in [0.2, 0.25) is 0 Å². The van der Waals surface area contributed by atoms with Gasteiger partial charge in [0.15, 0.2) is 0 Å². The summed E-state index contributed by atoms with van der Waals surface area (Å²) in [5.74, 6) is 12.9. The molecule has 26 heavy (non-hydrogen) atoms. The van der Waals surface area contributed by atoms with Crippen LogP contribution in [0.1, 0.15) is 22.4 Å². The molecule has 3 aromatic rings. The Labute approximate surface area is 159 Å². The fourth-order valence-corrected chi connectivity index (χ4v) is 3.61. The van der Waals surface area contributed by atoms with E-state index in [4.69, 9.17) is 4.74 Å². The van der Waals surface area contributed by atoms with E-state index in [0.717, 1.165) is 30.0 Å². The van der Waals surface area contributed by atoms with Gasteiger partial charge in [-0.25, -0.2) is 0 Å². The fourth-order valence-electron chi connectivity index (χ4n) is 2.58. The van der Waals surface area contributed by atoms with E-state index in [0.29, 0.717) is 6.61 Å². The van der Waals surface area contributed by atoms with Crippen LogP contribution in [0.25, 0.3) is 10.1 Å². The Balaban J connectivity index is 1.65. The molecule has 0 aliphatic rings. The molecule has 3 rings (SSSR count). The zero-order valence-electron chi connectivity index (χ0n) is 14.8. The SMILES string of the molecule is COCC#Cc1sc2ccccc2c1C#CCCNCc1ccccc1. The van der Waals surface area contributed by atoms with Gasteiger partial charge in [0.1, 0.15) is 6.61 Å². The highest BCUT2D eigenvalue weighted by Crippen LogP contribution is 2.30. The van der Waals surface area contributed by atoms with E-state index in [9.17, 15) is 0 Å². The van der Waals surface area contributed by atoms with E-state index in [2.05, 4.69) is 71.5 Å². The smallest absolute Gasteiger partial charge is 0.107 e. The summed E-state index contributed by atoms with van der Waals surface area (Å²) in [6.45, 7) is 2.18. The minimum absolute atomic E-state index is 0.435. The molecule has 0 saturated heterocycles. The molecule has 0 bridgehead atoms. The third kappa shape index (κ3) is 4.97. The van der Waals surface area contributed by atoms with E-state index in [1.54, 1.807) is 18.4 Å². The van der Waals surface area contributed by atoms with Crippen LogP contribution < -0.4 is 5.32 Å². The molecule has 3 heteroatoms. The molecule has 1 heterocycles. The average molecular weight is 359 g/mol. The standard InChI is InChI=1S/C23H21NOS/c1-25-17-9-15-23-21(20-12-5-6-14-22(20)26-23)13-7-8-16-24-18-19-10-3-2-4-11-19/h2-6,10-12,14,24H,8,16-18H2,1H3. The Kier molecular flexibility index (Phi) is 6.88. The van der Waals surface area contributed by atoms with Gasteiger partial charge in [0.2, 0.25) is 0 Å². The number of hydrogen-bond donors (Lipinski definition) is 1. The van der Waals surface area contributed by atoms with Crippen LogP contribution in [0, 0.1) is 23.7 Å². The molecule has 130 valence electrons. The lowest BCUT2D eigenvalue weighted by atomic mass is 10.1. The molecular weight excluding hydrogens is 338 g/mol. The number of hydrogen-bond acceptors (Lipinski definition) is 3. The highest BCUT2D eigenvalue weighted by molar-refractivity contribution is 7.19. The predicted molar refractivity (Wildman–Crippen MR) is 110 cm³/mol. The van der Waals surface area contributed by atoms with Gasteiger partial charge in [0.05, 0.1) is 10.4 Å². The Morgan fingerprint density at radius 1 is 0.962 bits per heavy atom. The summed E-state index contributed by atoms with van der Waals surface area (Å²) in [5, 5.41) is 4.62. The number of nitrogens with one attached hydrogen (secondary N) is 1. The summed E-state index contributed by atoms with van der Waals surface area (Å²) in [4.78, 5) is 1.02. The Morgan fingerprint density at radius 2 is 1.77 bits per heavy atom. The van der Waals surface area contributed by atoms with E-state index < -0.39 is 0 Å². The van der Waals surface area contributed by atoms with Gasteiger partial charge in [-0.1, -0.05) is 72.2 Å². The van der Waals surface area contributed by atoms with Crippen LogP contribution in [-0.2, 0) is 11.3 Å². The van der Waals surface area contributed by atoms with Gasteiger partial charge in [0, 0.05) is 36.7 Å². The van der Waals surface area contributed by atoms with Crippen molar-refractivity contribution >= 4 is 21.4 Å². The van der Waals surface area contributed by atoms with Gasteiger partial charge in [-0.3, -0.25) is 0 Å². The first kappa shape index (κ1) is 18.2. The van der Waals surface area contributed by atoms with Crippen LogP contribution in [0.3, 0.4) is 0 Å². The number of fused-ring (bicyclic) bond motifs is 1. The Hall–Kier alpha value is -2.56. The summed E-state index contributed by atoms with van der Waals surface area (Å²) in [7, 11) is 1.66. The van der Waals surface area contributed by atoms with Crippen LogP contribution in [0.4, 0.5) is 0 Å². The van der Waals surface area contributed by atoms with Crippen molar-refractivity contribution in [1.29, 1.82) is 0 Å². The van der Waals surface area contributed by atoms with E-state index in [1.165, 1.54) is 15.6 Å². The van der Waals surface area contributed by atoms with Crippen molar-refractivity contribution in [3.8, 4) is 23.7 Å². The lowest BCUT2D eigenvalue weighted by Crippen LogP contribution is -2.13. The van der Waals surface area contributed by atoms with Crippen LogP contribution >= 0.6 is 11.3 Å². The first-order valence-corrected chi connectivity index (χ1v) is 9.43. The fraction of sp³-hybridized carbons (Fsp3) is 0.217. The van der Waals surface area contributed by atoms with Crippen molar-refractivity contribution < 1.29 is 4.74 Å². The quantitative estimate of drug-likeness (QED) is 0.537. The molecule has 1 aromatic heterocycles. The van der Waals surface area contributed by atoms with Crippen LogP contribution in [0.5, 0.6) is 0 Å². The molecule has 2 nitrogen and oxygen atoms in total. The maximum atomic E-state index is 5.03. The molecular formula is C23H21NOS. The molecule has 0 aliphatic heterocycles. The summed E-state index contributed by atoms with van der Waals surface area (Å²) >= 11 is 1.69. The van der Waals surface area contributed by atoms with Crippen molar-refractivity contribution in [2.75, 3.05) is 20.3 Å². The van der Waals surface area contributed by atoms with E-state index >= 15 is 0 Å². The molecule has 0 aliphatic carbocycles. The van der Waals surface area contributed by atoms with Crippen molar-refractivity contribution in [1.82, 2.24) is 5.32 Å². The van der Waals surface area contributed by atoms with Gasteiger partial charge in [0.25, 0.3) is 0 Å². The Morgan fingerprint density at radius 3 is 2.62 bits per heavy atom. The monoisotopic (exact) mass is 359 g/mol. The summed E-state index contributed by atoms with van der Waals surface area (Å²) < 4.78 is 6.25. The highest BCUT2D eigenvalue weighted by atomic mass is 32.1. The molecule has 0 radical (unpaired) electrons. The average Bonchev–Trinajstić information content (AvgIpc) is 3.03. The molecule has 0 spiro atoms. The number of benzene rings is 2. The summed E-state index contributed by atoms with van der Waals surface area (Å²) in [5.41, 5.74) is 2.33. The second kappa shape index (κ2) is 9.80. The second-order valence-electron chi connectivity index (χ2n) is 5.75. The van der Waals surface area contributed by atoms with Gasteiger partial charge < -0.3 is 10.1 Å².